The van der Waals surface area contributed by atoms with Crippen LogP contribution in [0.15, 0.2) is 71.8 Å². The van der Waals surface area contributed by atoms with Crippen molar-refractivity contribution in [2.24, 2.45) is 5.10 Å². The van der Waals surface area contributed by atoms with E-state index in [1.54, 1.807) is 6.07 Å². The van der Waals surface area contributed by atoms with Crippen LogP contribution in [0.1, 0.15) is 29.5 Å². The van der Waals surface area contributed by atoms with Gasteiger partial charge in [0, 0.05) is 35.5 Å². The molecule has 3 aromatic rings. The summed E-state index contributed by atoms with van der Waals surface area (Å²) in [5.74, 6) is 4.85. The molecule has 4 rings (SSSR count). The predicted octanol–water partition coefficient (Wildman–Crippen LogP) is 4.98. The van der Waals surface area contributed by atoms with Crippen LogP contribution in [-0.4, -0.2) is 24.4 Å². The lowest BCUT2D eigenvalue weighted by molar-refractivity contribution is 0.431. The van der Waals surface area contributed by atoms with Gasteiger partial charge in [0.1, 0.15) is 0 Å². The zero-order valence-corrected chi connectivity index (χ0v) is 16.5. The molecule has 1 fully saturated rings. The van der Waals surface area contributed by atoms with Gasteiger partial charge in [-0.1, -0.05) is 30.0 Å². The fraction of sp³-hybridized carbons (Fsp3) is 0.160. The maximum absolute atomic E-state index is 14.1. The van der Waals surface area contributed by atoms with Gasteiger partial charge in [0.15, 0.2) is 11.6 Å². The monoisotopic (exact) mass is 399 g/mol. The van der Waals surface area contributed by atoms with Gasteiger partial charge in [0.25, 0.3) is 0 Å². The van der Waals surface area contributed by atoms with Crippen molar-refractivity contribution < 1.29 is 9.50 Å². The average molecular weight is 399 g/mol. The Morgan fingerprint density at radius 1 is 0.933 bits per heavy atom. The highest BCUT2D eigenvalue weighted by molar-refractivity contribution is 5.84. The molecule has 0 radical (unpaired) electrons. The molecule has 30 heavy (non-hydrogen) atoms. The van der Waals surface area contributed by atoms with Crippen molar-refractivity contribution in [2.45, 2.75) is 12.8 Å². The van der Waals surface area contributed by atoms with Crippen molar-refractivity contribution in [3.05, 3.63) is 89.2 Å². The quantitative estimate of drug-likeness (QED) is 0.370. The van der Waals surface area contributed by atoms with Gasteiger partial charge in [0.2, 0.25) is 0 Å². The van der Waals surface area contributed by atoms with E-state index in [1.807, 2.05) is 42.5 Å². The van der Waals surface area contributed by atoms with Crippen LogP contribution in [-0.2, 0) is 0 Å². The van der Waals surface area contributed by atoms with Crippen LogP contribution >= 0.6 is 0 Å². The average Bonchev–Trinajstić information content (AvgIpc) is 3.31. The van der Waals surface area contributed by atoms with Crippen molar-refractivity contribution in [2.75, 3.05) is 23.4 Å². The number of hydrogen-bond acceptors (Lipinski definition) is 4. The van der Waals surface area contributed by atoms with Crippen molar-refractivity contribution in [3.63, 3.8) is 0 Å². The summed E-state index contributed by atoms with van der Waals surface area (Å²) in [4.78, 5) is 2.36. The number of nitrogens with one attached hydrogen (secondary N) is 1. The Kier molecular flexibility index (Phi) is 5.95. The van der Waals surface area contributed by atoms with E-state index >= 15 is 0 Å². The van der Waals surface area contributed by atoms with Crippen LogP contribution in [0.25, 0.3) is 0 Å². The summed E-state index contributed by atoms with van der Waals surface area (Å²) in [6.45, 7) is 2.20. The van der Waals surface area contributed by atoms with E-state index in [0.717, 1.165) is 24.3 Å². The topological polar surface area (TPSA) is 47.9 Å². The van der Waals surface area contributed by atoms with Crippen LogP contribution in [0.4, 0.5) is 15.8 Å². The van der Waals surface area contributed by atoms with E-state index in [4.69, 9.17) is 0 Å². The third kappa shape index (κ3) is 4.79. The Morgan fingerprint density at radius 2 is 1.63 bits per heavy atom. The summed E-state index contributed by atoms with van der Waals surface area (Å²) in [7, 11) is 0. The molecule has 0 aromatic heterocycles. The zero-order chi connectivity index (χ0) is 20.8. The van der Waals surface area contributed by atoms with Crippen LogP contribution < -0.4 is 10.3 Å². The van der Waals surface area contributed by atoms with E-state index in [2.05, 4.69) is 39.4 Å². The maximum atomic E-state index is 14.1. The van der Waals surface area contributed by atoms with Gasteiger partial charge in [-0.15, -0.1) is 0 Å². The molecule has 1 aliphatic rings. The van der Waals surface area contributed by atoms with Crippen molar-refractivity contribution in [1.82, 2.24) is 0 Å². The number of hydrogen-bond donors (Lipinski definition) is 2. The normalized spacial score (nSPS) is 13.3. The van der Waals surface area contributed by atoms with Gasteiger partial charge >= 0.3 is 0 Å². The second-order valence-corrected chi connectivity index (χ2v) is 7.12. The third-order valence-corrected chi connectivity index (χ3v) is 4.95. The lowest BCUT2D eigenvalue weighted by Gasteiger charge is -2.17. The fourth-order valence-electron chi connectivity index (χ4n) is 3.36. The number of anilines is 2. The number of aromatic hydroxyl groups is 1. The minimum atomic E-state index is -0.729. The number of rotatable bonds is 4. The van der Waals surface area contributed by atoms with Crippen molar-refractivity contribution >= 4 is 17.6 Å². The van der Waals surface area contributed by atoms with E-state index in [0.29, 0.717) is 5.56 Å². The smallest absolute Gasteiger partial charge is 0.166 e. The van der Waals surface area contributed by atoms with Gasteiger partial charge in [-0.3, -0.25) is 5.43 Å². The minimum absolute atomic E-state index is 0.257. The minimum Gasteiger partial charge on any atom is -0.504 e. The van der Waals surface area contributed by atoms with Gasteiger partial charge in [-0.25, -0.2) is 4.39 Å². The van der Waals surface area contributed by atoms with Gasteiger partial charge in [0.05, 0.1) is 11.9 Å². The summed E-state index contributed by atoms with van der Waals surface area (Å²) in [6.07, 6.45) is 3.85. The predicted molar refractivity (Wildman–Crippen MR) is 120 cm³/mol. The second-order valence-electron chi connectivity index (χ2n) is 7.12. The molecule has 3 aromatic carbocycles. The summed E-state index contributed by atoms with van der Waals surface area (Å²) >= 11 is 0. The van der Waals surface area contributed by atoms with E-state index < -0.39 is 11.6 Å². The first-order chi connectivity index (χ1) is 14.7. The standard InChI is InChI=1S/C25H22FN3O/c26-24-17-20(9-8-19-10-12-23(13-11-19)29-14-4-5-15-29)16-21(25(24)30)18-27-28-22-6-2-1-3-7-22/h1-3,6-7,10-13,16-18,28,30H,4-5,14-15H2. The first-order valence-electron chi connectivity index (χ1n) is 9.93. The zero-order valence-electron chi connectivity index (χ0n) is 16.5. The summed E-state index contributed by atoms with van der Waals surface area (Å²) in [5, 5.41) is 14.1. The Hall–Kier alpha value is -3.78. The van der Waals surface area contributed by atoms with Crippen LogP contribution in [0, 0.1) is 17.7 Å². The Labute approximate surface area is 175 Å². The SMILES string of the molecule is Oc1c(F)cc(C#Cc2ccc(N3CCCC3)cc2)cc1C=NNc1ccccc1. The first-order valence-corrected chi connectivity index (χ1v) is 9.93. The second kappa shape index (κ2) is 9.15. The van der Waals surface area contributed by atoms with Crippen LogP contribution in [0.2, 0.25) is 0 Å². The summed E-state index contributed by atoms with van der Waals surface area (Å²) in [5.41, 5.74) is 6.42. The maximum Gasteiger partial charge on any atom is 0.166 e. The molecule has 5 heteroatoms. The Morgan fingerprint density at radius 3 is 2.37 bits per heavy atom. The number of hydrazone groups is 1. The number of phenols is 1. The van der Waals surface area contributed by atoms with Crippen molar-refractivity contribution in [3.8, 4) is 17.6 Å². The molecule has 1 heterocycles. The Bertz CT molecular complexity index is 1090. The number of phenolic OH excluding ortho intramolecular Hbond substituents is 1. The molecule has 1 saturated heterocycles. The molecule has 2 N–H and O–H groups in total. The number of benzene rings is 3. The molecule has 0 spiro atoms. The highest BCUT2D eigenvalue weighted by Gasteiger charge is 2.11. The van der Waals surface area contributed by atoms with Crippen LogP contribution in [0.3, 0.4) is 0 Å². The highest BCUT2D eigenvalue weighted by atomic mass is 19.1. The molecule has 0 bridgehead atoms. The lowest BCUT2D eigenvalue weighted by atomic mass is 10.1. The van der Waals surface area contributed by atoms with E-state index in [9.17, 15) is 9.50 Å². The third-order valence-electron chi connectivity index (χ3n) is 4.95. The number of nitrogens with zero attached hydrogens (tertiary/aromatic N) is 2. The molecule has 0 aliphatic carbocycles. The van der Waals surface area contributed by atoms with Gasteiger partial charge in [-0.05, 0) is 61.4 Å². The van der Waals surface area contributed by atoms with Crippen molar-refractivity contribution in [1.29, 1.82) is 0 Å². The fourth-order valence-corrected chi connectivity index (χ4v) is 3.36. The summed E-state index contributed by atoms with van der Waals surface area (Å²) < 4.78 is 14.1. The molecular formula is C25H22FN3O. The van der Waals surface area contributed by atoms with Gasteiger partial charge < -0.3 is 10.0 Å². The molecule has 4 nitrogen and oxygen atoms in total. The molecule has 0 atom stereocenters. The molecule has 1 aliphatic heterocycles. The van der Waals surface area contributed by atoms with E-state index in [-0.39, 0.29) is 5.56 Å². The first kappa shape index (κ1) is 19.5. The van der Waals surface area contributed by atoms with E-state index in [1.165, 1.54) is 30.8 Å². The Balaban J connectivity index is 1.49. The van der Waals surface area contributed by atoms with Gasteiger partial charge in [-0.2, -0.15) is 5.10 Å². The highest BCUT2D eigenvalue weighted by Crippen LogP contribution is 2.22. The number of halogens is 1. The molecule has 0 unspecified atom stereocenters. The number of para-hydroxylation sites is 1. The van der Waals surface area contributed by atoms with Crippen LogP contribution in [0.5, 0.6) is 5.75 Å². The molecule has 0 amide bonds. The lowest BCUT2D eigenvalue weighted by Crippen LogP contribution is -2.17. The summed E-state index contributed by atoms with van der Waals surface area (Å²) in [6, 6.07) is 20.3. The molecular weight excluding hydrogens is 377 g/mol. The molecule has 150 valence electrons. The molecule has 0 saturated carbocycles. The largest absolute Gasteiger partial charge is 0.504 e.